The number of rotatable bonds is 6. The Labute approximate surface area is 180 Å². The summed E-state index contributed by atoms with van der Waals surface area (Å²) < 4.78 is 29.8. The van der Waals surface area contributed by atoms with Gasteiger partial charge in [-0.2, -0.15) is 0 Å². The van der Waals surface area contributed by atoms with Crippen LogP contribution >= 0.6 is 22.9 Å². The second kappa shape index (κ2) is 7.02. The molecular formula is C20H18ClFN2O5S. The first-order valence-corrected chi connectivity index (χ1v) is 10.7. The minimum Gasteiger partial charge on any atom is -0.485 e. The first-order valence-electron chi connectivity index (χ1n) is 9.46. The Kier molecular flexibility index (Phi) is 4.55. The molecule has 2 heterocycles. The van der Waals surface area contributed by atoms with Gasteiger partial charge in [0.2, 0.25) is 0 Å². The van der Waals surface area contributed by atoms with Crippen LogP contribution in [0.3, 0.4) is 0 Å². The molecule has 4 aliphatic rings. The third kappa shape index (κ3) is 3.35. The third-order valence-electron chi connectivity index (χ3n) is 5.58. The number of nitrogens with one attached hydrogen (secondary N) is 2. The maximum absolute atomic E-state index is 13.4. The van der Waals surface area contributed by atoms with Gasteiger partial charge in [-0.25, -0.2) is 4.39 Å². The predicted molar refractivity (Wildman–Crippen MR) is 107 cm³/mol. The van der Waals surface area contributed by atoms with Crippen molar-refractivity contribution in [2.24, 2.45) is 0 Å². The van der Waals surface area contributed by atoms with Gasteiger partial charge >= 0.3 is 0 Å². The molecule has 1 aromatic carbocycles. The summed E-state index contributed by atoms with van der Waals surface area (Å²) in [5.74, 6) is 0.282. The Bertz CT molecular complexity index is 1020. The van der Waals surface area contributed by atoms with Crippen LogP contribution < -0.4 is 24.8 Å². The van der Waals surface area contributed by atoms with Crippen LogP contribution in [-0.4, -0.2) is 42.7 Å². The number of fused-ring (bicyclic) bond motifs is 1. The second-order valence-corrected chi connectivity index (χ2v) is 9.20. The molecule has 1 aliphatic heterocycles. The van der Waals surface area contributed by atoms with Crippen molar-refractivity contribution in [2.75, 3.05) is 19.8 Å². The monoisotopic (exact) mass is 452 g/mol. The van der Waals surface area contributed by atoms with Crippen molar-refractivity contribution >= 4 is 34.8 Å². The zero-order chi connectivity index (χ0) is 20.9. The Morgan fingerprint density at radius 3 is 2.67 bits per heavy atom. The molecule has 0 saturated heterocycles. The summed E-state index contributed by atoms with van der Waals surface area (Å²) in [6, 6.07) is 4.01. The summed E-state index contributed by atoms with van der Waals surface area (Å²) in [5, 5.41) is 7.81. The molecule has 2 amide bonds. The lowest BCUT2D eigenvalue weighted by Crippen LogP contribution is -2.84. The molecule has 2 aromatic rings. The number of hydrogen-bond acceptors (Lipinski definition) is 6. The highest BCUT2D eigenvalue weighted by molar-refractivity contribution is 7.12. The van der Waals surface area contributed by atoms with E-state index < -0.39 is 5.82 Å². The molecule has 10 heteroatoms. The zero-order valence-corrected chi connectivity index (χ0v) is 17.3. The lowest BCUT2D eigenvalue weighted by molar-refractivity contribution is -0.141. The molecule has 158 valence electrons. The molecule has 7 nitrogen and oxygen atoms in total. The minimum atomic E-state index is -0.601. The highest BCUT2D eigenvalue weighted by Crippen LogP contribution is 2.60. The summed E-state index contributed by atoms with van der Waals surface area (Å²) >= 11 is 6.93. The SMILES string of the molecule is O=C(COc1ccc(Cl)c(F)c1)NC12CC(NC(=O)c3scc4c3OCCO4)(C1)C2. The van der Waals surface area contributed by atoms with Crippen LogP contribution in [0.25, 0.3) is 0 Å². The van der Waals surface area contributed by atoms with Crippen molar-refractivity contribution < 1.29 is 28.2 Å². The van der Waals surface area contributed by atoms with Crippen LogP contribution in [-0.2, 0) is 4.79 Å². The van der Waals surface area contributed by atoms with Gasteiger partial charge < -0.3 is 24.8 Å². The zero-order valence-electron chi connectivity index (χ0n) is 15.8. The van der Waals surface area contributed by atoms with Gasteiger partial charge in [-0.1, -0.05) is 11.6 Å². The van der Waals surface area contributed by atoms with Crippen LogP contribution in [0.5, 0.6) is 17.2 Å². The van der Waals surface area contributed by atoms with Crippen LogP contribution in [0, 0.1) is 5.82 Å². The molecule has 2 bridgehead atoms. The topological polar surface area (TPSA) is 85.9 Å². The summed E-state index contributed by atoms with van der Waals surface area (Å²) in [7, 11) is 0. The number of ether oxygens (including phenoxy) is 3. The highest BCUT2D eigenvalue weighted by Gasteiger charge is 2.69. The van der Waals surface area contributed by atoms with E-state index in [2.05, 4.69) is 10.6 Å². The largest absolute Gasteiger partial charge is 0.485 e. The van der Waals surface area contributed by atoms with E-state index in [9.17, 15) is 14.0 Å². The summed E-state index contributed by atoms with van der Waals surface area (Å²) in [5.41, 5.74) is -0.607. The maximum Gasteiger partial charge on any atom is 0.265 e. The van der Waals surface area contributed by atoms with Crippen molar-refractivity contribution in [3.63, 3.8) is 0 Å². The van der Waals surface area contributed by atoms with Gasteiger partial charge in [-0.15, -0.1) is 11.3 Å². The number of benzene rings is 1. The van der Waals surface area contributed by atoms with E-state index in [1.807, 2.05) is 0 Å². The van der Waals surface area contributed by atoms with Crippen molar-refractivity contribution in [1.82, 2.24) is 10.6 Å². The van der Waals surface area contributed by atoms with Gasteiger partial charge in [0.1, 0.15) is 29.7 Å². The van der Waals surface area contributed by atoms with Crippen molar-refractivity contribution in [2.45, 2.75) is 30.3 Å². The standard InChI is InChI=1S/C20H18ClFN2O5S/c21-12-2-1-11(5-13(12)22)29-6-15(25)23-19-8-20(9-19,10-19)24-18(26)17-16-14(7-30-17)27-3-4-28-16/h1-2,5,7H,3-4,6,8-10H2,(H,23,25)(H,24,26). The van der Waals surface area contributed by atoms with Crippen molar-refractivity contribution in [3.05, 3.63) is 39.3 Å². The first-order chi connectivity index (χ1) is 14.4. The van der Waals surface area contributed by atoms with E-state index in [-0.39, 0.29) is 40.3 Å². The van der Waals surface area contributed by atoms with E-state index in [0.717, 1.165) is 6.07 Å². The van der Waals surface area contributed by atoms with Crippen LogP contribution in [0.4, 0.5) is 4.39 Å². The molecular weight excluding hydrogens is 435 g/mol. The van der Waals surface area contributed by atoms with Gasteiger partial charge in [0.05, 0.1) is 5.02 Å². The number of thiophene rings is 1. The first kappa shape index (κ1) is 19.4. The van der Waals surface area contributed by atoms with Gasteiger partial charge in [0, 0.05) is 22.5 Å². The van der Waals surface area contributed by atoms with Crippen molar-refractivity contribution in [1.29, 1.82) is 0 Å². The van der Waals surface area contributed by atoms with Gasteiger partial charge in [-0.05, 0) is 31.4 Å². The van der Waals surface area contributed by atoms with Crippen LogP contribution in [0.2, 0.25) is 5.02 Å². The minimum absolute atomic E-state index is 0.00448. The average Bonchev–Trinajstić information content (AvgIpc) is 3.10. The summed E-state index contributed by atoms with van der Waals surface area (Å²) in [4.78, 5) is 25.4. The Balaban J connectivity index is 1.11. The number of halogens is 2. The number of carbonyl (C=O) groups is 2. The molecule has 0 atom stereocenters. The number of carbonyl (C=O) groups excluding carboxylic acids is 2. The molecule has 0 unspecified atom stereocenters. The molecule has 3 saturated carbocycles. The summed E-state index contributed by atoms with van der Waals surface area (Å²) in [6.07, 6.45) is 1.99. The van der Waals surface area contributed by atoms with Gasteiger partial charge in [-0.3, -0.25) is 9.59 Å². The Hall–Kier alpha value is -2.52. The smallest absolute Gasteiger partial charge is 0.265 e. The lowest BCUT2D eigenvalue weighted by Gasteiger charge is -2.70. The fraction of sp³-hybridized carbons (Fsp3) is 0.400. The third-order valence-corrected chi connectivity index (χ3v) is 6.83. The predicted octanol–water partition coefficient (Wildman–Crippen LogP) is 2.91. The fourth-order valence-corrected chi connectivity index (χ4v) is 5.36. The van der Waals surface area contributed by atoms with Gasteiger partial charge in [0.25, 0.3) is 11.8 Å². The summed E-state index contributed by atoms with van der Waals surface area (Å²) in [6.45, 7) is 0.684. The molecule has 0 radical (unpaired) electrons. The van der Waals surface area contributed by atoms with Crippen molar-refractivity contribution in [3.8, 4) is 17.2 Å². The average molecular weight is 453 g/mol. The number of amides is 2. The quantitative estimate of drug-likeness (QED) is 0.704. The van der Waals surface area contributed by atoms with Crippen LogP contribution in [0.15, 0.2) is 23.6 Å². The van der Waals surface area contributed by atoms with E-state index >= 15 is 0 Å². The fourth-order valence-electron chi connectivity index (χ4n) is 4.42. The second-order valence-electron chi connectivity index (χ2n) is 7.91. The van der Waals surface area contributed by atoms with E-state index in [0.29, 0.717) is 48.9 Å². The van der Waals surface area contributed by atoms with Gasteiger partial charge in [0.15, 0.2) is 18.1 Å². The molecule has 2 N–H and O–H groups in total. The molecule has 30 heavy (non-hydrogen) atoms. The van der Waals surface area contributed by atoms with E-state index in [4.69, 9.17) is 25.8 Å². The number of hydrogen-bond donors (Lipinski definition) is 2. The normalized spacial score (nSPS) is 25.5. The Morgan fingerprint density at radius 1 is 1.17 bits per heavy atom. The van der Waals surface area contributed by atoms with E-state index in [1.165, 1.54) is 23.5 Å². The molecule has 0 spiro atoms. The lowest BCUT2D eigenvalue weighted by atomic mass is 9.44. The molecule has 6 rings (SSSR count). The molecule has 3 aliphatic carbocycles. The van der Waals surface area contributed by atoms with E-state index in [1.54, 1.807) is 5.38 Å². The van der Waals surface area contributed by atoms with Crippen LogP contribution in [0.1, 0.15) is 28.9 Å². The Morgan fingerprint density at radius 2 is 1.90 bits per heavy atom. The highest BCUT2D eigenvalue weighted by atomic mass is 35.5. The molecule has 3 fully saturated rings. The molecule has 1 aromatic heterocycles. The maximum atomic E-state index is 13.4.